The van der Waals surface area contributed by atoms with E-state index in [9.17, 15) is 9.59 Å². The summed E-state index contributed by atoms with van der Waals surface area (Å²) in [5.41, 5.74) is 4.71. The minimum atomic E-state index is -0.771. The number of benzene rings is 3. The highest BCUT2D eigenvalue weighted by Crippen LogP contribution is 2.30. The Bertz CT molecular complexity index is 1030. The van der Waals surface area contributed by atoms with E-state index in [0.29, 0.717) is 12.2 Å². The highest BCUT2D eigenvalue weighted by Gasteiger charge is 2.32. The number of para-hydroxylation sites is 1. The van der Waals surface area contributed by atoms with Gasteiger partial charge in [0.1, 0.15) is 6.04 Å². The van der Waals surface area contributed by atoms with Crippen molar-refractivity contribution < 1.29 is 9.59 Å². The van der Waals surface area contributed by atoms with E-state index in [0.717, 1.165) is 29.7 Å². The monoisotopic (exact) mass is 399 g/mol. The summed E-state index contributed by atoms with van der Waals surface area (Å²) in [7, 11) is 0. The van der Waals surface area contributed by atoms with E-state index in [-0.39, 0.29) is 5.91 Å². The van der Waals surface area contributed by atoms with Gasteiger partial charge in [-0.15, -0.1) is 0 Å². The molecule has 1 heterocycles. The van der Waals surface area contributed by atoms with Crippen LogP contribution < -0.4 is 15.5 Å². The van der Waals surface area contributed by atoms with Gasteiger partial charge in [-0.1, -0.05) is 67.6 Å². The summed E-state index contributed by atoms with van der Waals surface area (Å²) in [6.07, 6.45) is 1.76. The Kier molecular flexibility index (Phi) is 5.80. The first-order valence-corrected chi connectivity index (χ1v) is 10.3. The lowest BCUT2D eigenvalue weighted by Crippen LogP contribution is -2.43. The molecule has 4 rings (SSSR count). The molecule has 0 saturated heterocycles. The summed E-state index contributed by atoms with van der Waals surface area (Å²) in [6, 6.07) is 23.8. The van der Waals surface area contributed by atoms with Gasteiger partial charge in [-0.3, -0.25) is 4.79 Å². The zero-order valence-electron chi connectivity index (χ0n) is 17.0. The molecule has 0 saturated carbocycles. The van der Waals surface area contributed by atoms with Crippen molar-refractivity contribution in [2.75, 3.05) is 16.8 Å². The Hall–Kier alpha value is -3.60. The van der Waals surface area contributed by atoms with Crippen molar-refractivity contribution in [1.82, 2.24) is 5.32 Å². The molecule has 0 aromatic heterocycles. The van der Waals surface area contributed by atoms with Gasteiger partial charge < -0.3 is 15.5 Å². The molecule has 1 aliphatic heterocycles. The van der Waals surface area contributed by atoms with Crippen LogP contribution >= 0.6 is 0 Å². The summed E-state index contributed by atoms with van der Waals surface area (Å²) in [5, 5.41) is 5.71. The van der Waals surface area contributed by atoms with Crippen molar-refractivity contribution in [3.63, 3.8) is 0 Å². The second-order valence-electron chi connectivity index (χ2n) is 7.36. The lowest BCUT2D eigenvalue weighted by molar-refractivity contribution is -0.120. The molecule has 0 radical (unpaired) electrons. The zero-order chi connectivity index (χ0) is 20.9. The van der Waals surface area contributed by atoms with Gasteiger partial charge in [-0.05, 0) is 47.7 Å². The molecule has 5 heteroatoms. The number of anilines is 2. The number of amides is 3. The molecule has 1 aliphatic rings. The van der Waals surface area contributed by atoms with Crippen LogP contribution in [0.15, 0.2) is 78.9 Å². The number of carbonyl (C=O) groups excluding carboxylic acids is 2. The quantitative estimate of drug-likeness (QED) is 0.653. The molecule has 30 heavy (non-hydrogen) atoms. The van der Waals surface area contributed by atoms with Crippen molar-refractivity contribution in [3.05, 3.63) is 95.6 Å². The lowest BCUT2D eigenvalue weighted by atomic mass is 10.1. The lowest BCUT2D eigenvalue weighted by Gasteiger charge is -2.25. The Balaban J connectivity index is 1.54. The Labute approximate surface area is 176 Å². The van der Waals surface area contributed by atoms with E-state index in [1.165, 1.54) is 5.56 Å². The Morgan fingerprint density at radius 2 is 1.63 bits per heavy atom. The van der Waals surface area contributed by atoms with Gasteiger partial charge in [-0.25, -0.2) is 4.79 Å². The number of urea groups is 1. The van der Waals surface area contributed by atoms with E-state index in [2.05, 4.69) is 17.6 Å². The highest BCUT2D eigenvalue weighted by molar-refractivity contribution is 6.02. The molecule has 0 bridgehead atoms. The van der Waals surface area contributed by atoms with Crippen LogP contribution in [0.5, 0.6) is 0 Å². The first-order valence-electron chi connectivity index (χ1n) is 10.3. The molecule has 3 amide bonds. The van der Waals surface area contributed by atoms with Gasteiger partial charge in [0.25, 0.3) is 5.91 Å². The van der Waals surface area contributed by atoms with E-state index >= 15 is 0 Å². The first-order chi connectivity index (χ1) is 14.7. The third-order valence-corrected chi connectivity index (χ3v) is 5.43. The van der Waals surface area contributed by atoms with Gasteiger partial charge in [0.2, 0.25) is 0 Å². The molecule has 0 fully saturated rings. The number of fused-ring (bicyclic) bond motifs is 1. The molecular weight excluding hydrogens is 374 g/mol. The zero-order valence-corrected chi connectivity index (χ0v) is 17.0. The van der Waals surface area contributed by atoms with Crippen LogP contribution in [0.1, 0.15) is 29.7 Å². The van der Waals surface area contributed by atoms with Gasteiger partial charge in [0.15, 0.2) is 0 Å². The van der Waals surface area contributed by atoms with Crippen molar-refractivity contribution in [2.24, 2.45) is 0 Å². The van der Waals surface area contributed by atoms with E-state index in [4.69, 9.17) is 0 Å². The molecule has 2 N–H and O–H groups in total. The fraction of sp³-hybridized carbons (Fsp3) is 0.200. The highest BCUT2D eigenvalue weighted by atomic mass is 16.2. The van der Waals surface area contributed by atoms with Gasteiger partial charge in [0.05, 0.1) is 0 Å². The summed E-state index contributed by atoms with van der Waals surface area (Å²) in [6.45, 7) is 2.70. The van der Waals surface area contributed by atoms with Crippen LogP contribution in [0.25, 0.3) is 0 Å². The third-order valence-electron chi connectivity index (χ3n) is 5.43. The van der Waals surface area contributed by atoms with Crippen LogP contribution in [0.4, 0.5) is 16.2 Å². The van der Waals surface area contributed by atoms with Crippen molar-refractivity contribution in [2.45, 2.75) is 25.8 Å². The Morgan fingerprint density at radius 3 is 2.37 bits per heavy atom. The SMILES string of the molecule is CCc1ccc(NC(=O)N[C@@H](C(=O)N2CCc3ccccc32)c2ccccc2)cc1. The van der Waals surface area contributed by atoms with Crippen LogP contribution in [0.3, 0.4) is 0 Å². The van der Waals surface area contributed by atoms with Gasteiger partial charge >= 0.3 is 6.03 Å². The minimum absolute atomic E-state index is 0.136. The molecule has 152 valence electrons. The number of nitrogens with one attached hydrogen (secondary N) is 2. The van der Waals surface area contributed by atoms with Gasteiger partial charge in [-0.2, -0.15) is 0 Å². The van der Waals surface area contributed by atoms with Crippen molar-refractivity contribution >= 4 is 23.3 Å². The van der Waals surface area contributed by atoms with Crippen LogP contribution in [0, 0.1) is 0 Å². The number of hydrogen-bond acceptors (Lipinski definition) is 2. The molecule has 3 aromatic carbocycles. The maximum atomic E-state index is 13.5. The standard InChI is InChI=1S/C25H25N3O2/c1-2-18-12-14-21(15-13-18)26-25(30)27-23(20-9-4-3-5-10-20)24(29)28-17-16-19-8-6-7-11-22(19)28/h3-15,23H,2,16-17H2,1H3,(H2,26,27,30)/t23-/m1/s1. The van der Waals surface area contributed by atoms with E-state index in [1.54, 1.807) is 4.90 Å². The van der Waals surface area contributed by atoms with E-state index < -0.39 is 12.1 Å². The Morgan fingerprint density at radius 1 is 0.933 bits per heavy atom. The maximum Gasteiger partial charge on any atom is 0.320 e. The number of hydrogen-bond donors (Lipinski definition) is 2. The van der Waals surface area contributed by atoms with Crippen molar-refractivity contribution in [1.29, 1.82) is 0 Å². The summed E-state index contributed by atoms with van der Waals surface area (Å²) < 4.78 is 0. The number of nitrogens with zero attached hydrogens (tertiary/aromatic N) is 1. The summed E-state index contributed by atoms with van der Waals surface area (Å²) in [4.78, 5) is 28.0. The predicted octanol–water partition coefficient (Wildman–Crippen LogP) is 4.70. The molecule has 3 aromatic rings. The molecule has 0 aliphatic carbocycles. The maximum absolute atomic E-state index is 13.5. The molecule has 0 unspecified atom stereocenters. The number of aryl methyl sites for hydroxylation is 1. The average molecular weight is 399 g/mol. The minimum Gasteiger partial charge on any atom is -0.322 e. The molecule has 5 nitrogen and oxygen atoms in total. The largest absolute Gasteiger partial charge is 0.322 e. The number of rotatable bonds is 5. The van der Waals surface area contributed by atoms with Crippen LogP contribution in [-0.4, -0.2) is 18.5 Å². The fourth-order valence-electron chi connectivity index (χ4n) is 3.78. The van der Waals surface area contributed by atoms with Crippen LogP contribution in [0.2, 0.25) is 0 Å². The average Bonchev–Trinajstić information content (AvgIpc) is 3.22. The normalized spacial score (nSPS) is 13.4. The first kappa shape index (κ1) is 19.7. The second-order valence-corrected chi connectivity index (χ2v) is 7.36. The second kappa shape index (κ2) is 8.82. The van der Waals surface area contributed by atoms with Crippen molar-refractivity contribution in [3.8, 4) is 0 Å². The van der Waals surface area contributed by atoms with E-state index in [1.807, 2.05) is 78.9 Å². The number of carbonyl (C=O) groups is 2. The summed E-state index contributed by atoms with van der Waals surface area (Å²) >= 11 is 0. The molecular formula is C25H25N3O2. The third kappa shape index (κ3) is 4.20. The topological polar surface area (TPSA) is 61.4 Å². The van der Waals surface area contributed by atoms with Gasteiger partial charge in [0, 0.05) is 17.9 Å². The molecule has 0 spiro atoms. The predicted molar refractivity (Wildman–Crippen MR) is 120 cm³/mol. The summed E-state index contributed by atoms with van der Waals surface area (Å²) in [5.74, 6) is -0.136. The fourth-order valence-corrected chi connectivity index (χ4v) is 3.78. The van der Waals surface area contributed by atoms with Crippen LogP contribution in [-0.2, 0) is 17.6 Å². The molecule has 1 atom stereocenters. The smallest absolute Gasteiger partial charge is 0.320 e.